The number of nitrogens with one attached hydrogen (secondary N) is 1. The lowest BCUT2D eigenvalue weighted by Gasteiger charge is -2.14. The Kier molecular flexibility index (Phi) is 6.87. The molecule has 0 aliphatic carbocycles. The average Bonchev–Trinajstić information content (AvgIpc) is 3.23. The number of hydrogen-bond donors (Lipinski definition) is 1. The molecule has 2 aromatic heterocycles. The van der Waals surface area contributed by atoms with Crippen LogP contribution >= 0.6 is 0 Å². The minimum atomic E-state index is -3.53. The van der Waals surface area contributed by atoms with Gasteiger partial charge in [0.15, 0.2) is 22.1 Å². The molecular formula is C24H23N3O7S. The fourth-order valence-corrected chi connectivity index (χ4v) is 4.15. The van der Waals surface area contributed by atoms with Crippen LogP contribution in [-0.4, -0.2) is 36.2 Å². The van der Waals surface area contributed by atoms with Crippen molar-refractivity contribution in [2.24, 2.45) is 0 Å². The summed E-state index contributed by atoms with van der Waals surface area (Å²) in [5, 5.41) is 2.64. The van der Waals surface area contributed by atoms with Crippen LogP contribution in [0.1, 0.15) is 18.4 Å². The molecule has 0 fully saturated rings. The smallest absolute Gasteiger partial charge is 0.287 e. The average molecular weight is 498 g/mol. The number of aromatic nitrogens is 2. The number of hydrogen-bond acceptors (Lipinski definition) is 8. The molecule has 2 aromatic carbocycles. The number of carbonyl (C=O) groups excluding carboxylic acids is 1. The van der Waals surface area contributed by atoms with Crippen molar-refractivity contribution in [3.05, 3.63) is 82.5 Å². The number of para-hydroxylation sites is 1. The van der Waals surface area contributed by atoms with Gasteiger partial charge in [-0.05, 0) is 37.3 Å². The third kappa shape index (κ3) is 5.69. The normalized spacial score (nSPS) is 11.4. The first kappa shape index (κ1) is 24.0. The Morgan fingerprint density at radius 3 is 2.60 bits per heavy atom. The predicted octanol–water partition coefficient (Wildman–Crippen LogP) is 2.99. The van der Waals surface area contributed by atoms with Crippen LogP contribution in [0.15, 0.2) is 74.9 Å². The maximum atomic E-state index is 12.5. The highest BCUT2D eigenvalue weighted by molar-refractivity contribution is 7.91. The SMILES string of the molecule is CCS(=O)(=O)c1ccc(OCc2cc(=O)n3oc(C)cc3n2)c(NC(=O)COc2ccccc2)c1. The molecule has 182 valence electrons. The van der Waals surface area contributed by atoms with Crippen LogP contribution < -0.4 is 20.3 Å². The summed E-state index contributed by atoms with van der Waals surface area (Å²) in [5.41, 5.74) is 0.422. The van der Waals surface area contributed by atoms with Crippen molar-refractivity contribution in [2.45, 2.75) is 25.3 Å². The van der Waals surface area contributed by atoms with Crippen LogP contribution in [0.25, 0.3) is 5.65 Å². The summed E-state index contributed by atoms with van der Waals surface area (Å²) < 4.78 is 42.3. The highest BCUT2D eigenvalue weighted by atomic mass is 32.2. The van der Waals surface area contributed by atoms with Gasteiger partial charge in [-0.3, -0.25) is 9.59 Å². The third-order valence-corrected chi connectivity index (χ3v) is 6.71. The van der Waals surface area contributed by atoms with Crippen molar-refractivity contribution < 1.29 is 27.2 Å². The van der Waals surface area contributed by atoms with E-state index >= 15 is 0 Å². The van der Waals surface area contributed by atoms with Gasteiger partial charge in [0.1, 0.15) is 23.9 Å². The first-order chi connectivity index (χ1) is 16.7. The van der Waals surface area contributed by atoms with Crippen LogP contribution in [0.4, 0.5) is 5.69 Å². The molecule has 35 heavy (non-hydrogen) atoms. The van der Waals surface area contributed by atoms with E-state index in [-0.39, 0.29) is 35.3 Å². The van der Waals surface area contributed by atoms with Crippen LogP contribution in [0.3, 0.4) is 0 Å². The van der Waals surface area contributed by atoms with Gasteiger partial charge in [-0.1, -0.05) is 25.1 Å². The van der Waals surface area contributed by atoms with Gasteiger partial charge in [-0.15, -0.1) is 4.57 Å². The van der Waals surface area contributed by atoms with E-state index in [1.54, 1.807) is 37.3 Å². The summed E-state index contributed by atoms with van der Waals surface area (Å²) in [6.07, 6.45) is 0. The molecule has 0 spiro atoms. The zero-order chi connectivity index (χ0) is 25.0. The molecule has 4 rings (SSSR count). The monoisotopic (exact) mass is 497 g/mol. The zero-order valence-corrected chi connectivity index (χ0v) is 19.9. The maximum absolute atomic E-state index is 12.5. The van der Waals surface area contributed by atoms with E-state index < -0.39 is 21.3 Å². The number of ether oxygens (including phenoxy) is 2. The number of sulfone groups is 1. The summed E-state index contributed by atoms with van der Waals surface area (Å²) in [4.78, 5) is 29.2. The molecule has 11 heteroatoms. The number of fused-ring (bicyclic) bond motifs is 1. The molecule has 1 amide bonds. The van der Waals surface area contributed by atoms with E-state index in [1.807, 2.05) is 6.07 Å². The highest BCUT2D eigenvalue weighted by Gasteiger charge is 2.17. The largest absolute Gasteiger partial charge is 0.485 e. The van der Waals surface area contributed by atoms with Crippen LogP contribution in [-0.2, 0) is 21.2 Å². The van der Waals surface area contributed by atoms with Gasteiger partial charge in [-0.2, -0.15) is 0 Å². The lowest BCUT2D eigenvalue weighted by Crippen LogP contribution is -2.21. The zero-order valence-electron chi connectivity index (χ0n) is 19.1. The van der Waals surface area contributed by atoms with Crippen molar-refractivity contribution >= 4 is 27.1 Å². The minimum absolute atomic E-state index is 0.0401. The van der Waals surface area contributed by atoms with Gasteiger partial charge in [0.25, 0.3) is 11.5 Å². The van der Waals surface area contributed by atoms with Gasteiger partial charge in [0, 0.05) is 12.1 Å². The molecule has 10 nitrogen and oxygen atoms in total. The topological polar surface area (TPSA) is 129 Å². The lowest BCUT2D eigenvalue weighted by atomic mass is 10.3. The van der Waals surface area contributed by atoms with E-state index in [1.165, 1.54) is 31.2 Å². The Morgan fingerprint density at radius 1 is 1.09 bits per heavy atom. The van der Waals surface area contributed by atoms with E-state index in [4.69, 9.17) is 14.0 Å². The predicted molar refractivity (Wildman–Crippen MR) is 128 cm³/mol. The van der Waals surface area contributed by atoms with Crippen molar-refractivity contribution in [1.29, 1.82) is 0 Å². The number of nitrogens with zero attached hydrogens (tertiary/aromatic N) is 2. The molecular weight excluding hydrogens is 474 g/mol. The van der Waals surface area contributed by atoms with Crippen molar-refractivity contribution in [3.63, 3.8) is 0 Å². The number of carbonyl (C=O) groups is 1. The summed E-state index contributed by atoms with van der Waals surface area (Å²) in [5.74, 6) is 0.650. The molecule has 0 unspecified atom stereocenters. The third-order valence-electron chi connectivity index (χ3n) is 4.98. The van der Waals surface area contributed by atoms with E-state index in [0.29, 0.717) is 22.9 Å². The minimum Gasteiger partial charge on any atom is -0.485 e. The van der Waals surface area contributed by atoms with Crippen LogP contribution in [0, 0.1) is 6.92 Å². The Balaban J connectivity index is 1.55. The number of amides is 1. The molecule has 0 saturated heterocycles. The maximum Gasteiger partial charge on any atom is 0.287 e. The van der Waals surface area contributed by atoms with E-state index in [9.17, 15) is 18.0 Å². The molecule has 0 atom stereocenters. The Hall–Kier alpha value is -4.12. The Morgan fingerprint density at radius 2 is 1.86 bits per heavy atom. The van der Waals surface area contributed by atoms with E-state index in [0.717, 1.165) is 4.57 Å². The number of benzene rings is 2. The number of aryl methyl sites for hydroxylation is 1. The molecule has 0 aliphatic heterocycles. The number of rotatable bonds is 9. The quantitative estimate of drug-likeness (QED) is 0.374. The standard InChI is InChI=1S/C24H23N3O7S/c1-3-35(30,31)19-9-10-21(20(13-19)26-23(28)15-32-18-7-5-4-6-8-18)33-14-17-12-24(29)27-22(25-17)11-16(2)34-27/h4-13H,3,14-15H2,1-2H3,(H,26,28). The second-order valence-electron chi connectivity index (χ2n) is 7.58. The van der Waals surface area contributed by atoms with Crippen molar-refractivity contribution in [3.8, 4) is 11.5 Å². The van der Waals surface area contributed by atoms with Crippen LogP contribution in [0.2, 0.25) is 0 Å². The summed E-state index contributed by atoms with van der Waals surface area (Å²) >= 11 is 0. The second-order valence-corrected chi connectivity index (χ2v) is 9.86. The molecule has 4 aromatic rings. The van der Waals surface area contributed by atoms with Gasteiger partial charge in [-0.25, -0.2) is 13.4 Å². The molecule has 0 aliphatic rings. The van der Waals surface area contributed by atoms with Gasteiger partial charge < -0.3 is 19.3 Å². The fraction of sp³-hybridized carbons (Fsp3) is 0.208. The molecule has 1 N–H and O–H groups in total. The first-order valence-electron chi connectivity index (χ1n) is 10.7. The highest BCUT2D eigenvalue weighted by Crippen LogP contribution is 2.29. The van der Waals surface area contributed by atoms with Crippen molar-refractivity contribution in [2.75, 3.05) is 17.7 Å². The van der Waals surface area contributed by atoms with Crippen molar-refractivity contribution in [1.82, 2.24) is 9.56 Å². The Labute approximate surface area is 201 Å². The molecule has 0 saturated carbocycles. The van der Waals surface area contributed by atoms with Gasteiger partial charge >= 0.3 is 0 Å². The fourth-order valence-electron chi connectivity index (χ4n) is 3.24. The molecule has 0 radical (unpaired) electrons. The van der Waals surface area contributed by atoms with Gasteiger partial charge in [0.2, 0.25) is 0 Å². The first-order valence-corrected chi connectivity index (χ1v) is 12.4. The molecule has 0 bridgehead atoms. The summed E-state index contributed by atoms with van der Waals surface area (Å²) in [6, 6.07) is 15.9. The van der Waals surface area contributed by atoms with Gasteiger partial charge in [0.05, 0.1) is 22.0 Å². The number of anilines is 1. The summed E-state index contributed by atoms with van der Waals surface area (Å²) in [6.45, 7) is 2.85. The Bertz CT molecular complexity index is 1530. The summed E-state index contributed by atoms with van der Waals surface area (Å²) in [7, 11) is -3.53. The molecule has 2 heterocycles. The van der Waals surface area contributed by atoms with E-state index in [2.05, 4.69) is 10.3 Å². The second kappa shape index (κ2) is 10.0. The van der Waals surface area contributed by atoms with Crippen LogP contribution in [0.5, 0.6) is 11.5 Å². The lowest BCUT2D eigenvalue weighted by molar-refractivity contribution is -0.118.